The van der Waals surface area contributed by atoms with Crippen molar-refractivity contribution in [3.05, 3.63) is 28.7 Å². The lowest BCUT2D eigenvalue weighted by atomic mass is 10.3. The Bertz CT molecular complexity index is 342. The topological polar surface area (TPSA) is 49.3 Å². The number of carbonyl (C=O) groups is 1. The third-order valence-electron chi connectivity index (χ3n) is 1.98. The van der Waals surface area contributed by atoms with E-state index in [1.54, 1.807) is 11.8 Å². The van der Waals surface area contributed by atoms with Crippen LogP contribution in [-0.4, -0.2) is 29.4 Å². The van der Waals surface area contributed by atoms with Crippen molar-refractivity contribution < 1.29 is 9.90 Å². The highest BCUT2D eigenvalue weighted by Crippen LogP contribution is 2.21. The molecule has 0 saturated carbocycles. The van der Waals surface area contributed by atoms with Crippen LogP contribution < -0.4 is 5.32 Å². The minimum Gasteiger partial charge on any atom is -0.480 e. The summed E-state index contributed by atoms with van der Waals surface area (Å²) in [5.41, 5.74) is 0. The van der Waals surface area contributed by atoms with E-state index in [9.17, 15) is 4.79 Å². The fourth-order valence-electron chi connectivity index (χ4n) is 1.17. The predicted octanol–water partition coefficient (Wildman–Crippen LogP) is 2.60. The summed E-state index contributed by atoms with van der Waals surface area (Å²) in [7, 11) is 0. The van der Waals surface area contributed by atoms with Gasteiger partial charge in [0.05, 0.1) is 0 Å². The van der Waals surface area contributed by atoms with E-state index in [1.165, 1.54) is 0 Å². The van der Waals surface area contributed by atoms with Crippen LogP contribution in [0.4, 0.5) is 0 Å². The molecule has 0 saturated heterocycles. The van der Waals surface area contributed by atoms with Crippen molar-refractivity contribution in [3.63, 3.8) is 0 Å². The highest BCUT2D eigenvalue weighted by atomic mass is 79.9. The maximum Gasteiger partial charge on any atom is 0.321 e. The molecular formula is C11H14BrNO2S. The van der Waals surface area contributed by atoms with E-state index < -0.39 is 12.0 Å². The van der Waals surface area contributed by atoms with Gasteiger partial charge in [-0.05, 0) is 30.8 Å². The third kappa shape index (κ3) is 4.55. The van der Waals surface area contributed by atoms with E-state index in [2.05, 4.69) is 21.2 Å². The first-order valence-corrected chi connectivity index (χ1v) is 6.76. The fraction of sp³-hybridized carbons (Fsp3) is 0.364. The molecule has 16 heavy (non-hydrogen) atoms. The maximum absolute atomic E-state index is 10.9. The second-order valence-corrected chi connectivity index (χ2v) is 5.22. The van der Waals surface area contributed by atoms with Gasteiger partial charge in [-0.1, -0.05) is 22.9 Å². The van der Waals surface area contributed by atoms with Gasteiger partial charge < -0.3 is 10.4 Å². The SMILES string of the molecule is CCNC(CSc1ccc(Br)cc1)C(=O)O. The smallest absolute Gasteiger partial charge is 0.321 e. The molecule has 0 bridgehead atoms. The zero-order valence-corrected chi connectivity index (χ0v) is 11.3. The number of hydrogen-bond donors (Lipinski definition) is 2. The van der Waals surface area contributed by atoms with Gasteiger partial charge >= 0.3 is 5.97 Å². The summed E-state index contributed by atoms with van der Waals surface area (Å²) < 4.78 is 1.03. The summed E-state index contributed by atoms with van der Waals surface area (Å²) >= 11 is 4.90. The Labute approximate surface area is 108 Å². The first kappa shape index (κ1) is 13.5. The monoisotopic (exact) mass is 303 g/mol. The zero-order chi connectivity index (χ0) is 12.0. The molecular weight excluding hydrogens is 290 g/mol. The molecule has 0 aliphatic heterocycles. The van der Waals surface area contributed by atoms with Gasteiger partial charge in [-0.3, -0.25) is 4.79 Å². The lowest BCUT2D eigenvalue weighted by Crippen LogP contribution is -2.38. The van der Waals surface area contributed by atoms with Crippen LogP contribution in [0.2, 0.25) is 0 Å². The Hall–Kier alpha value is -0.520. The third-order valence-corrected chi connectivity index (χ3v) is 3.61. The highest BCUT2D eigenvalue weighted by Gasteiger charge is 2.15. The number of carboxylic acids is 1. The van der Waals surface area contributed by atoms with E-state index in [4.69, 9.17) is 5.11 Å². The largest absolute Gasteiger partial charge is 0.480 e. The van der Waals surface area contributed by atoms with Gasteiger partial charge in [0.1, 0.15) is 6.04 Å². The number of likely N-dealkylation sites (N-methyl/N-ethyl adjacent to an activating group) is 1. The molecule has 1 atom stereocenters. The van der Waals surface area contributed by atoms with Crippen LogP contribution in [0, 0.1) is 0 Å². The maximum atomic E-state index is 10.9. The average Bonchev–Trinajstić information content (AvgIpc) is 2.26. The number of hydrogen-bond acceptors (Lipinski definition) is 3. The van der Waals surface area contributed by atoms with Crippen molar-refractivity contribution in [2.75, 3.05) is 12.3 Å². The van der Waals surface area contributed by atoms with E-state index in [0.717, 1.165) is 9.37 Å². The Kier molecular flexibility index (Phi) is 5.87. The first-order valence-electron chi connectivity index (χ1n) is 4.98. The Balaban J connectivity index is 2.48. The zero-order valence-electron chi connectivity index (χ0n) is 8.94. The minimum absolute atomic E-state index is 0.487. The molecule has 2 N–H and O–H groups in total. The Morgan fingerprint density at radius 2 is 2.12 bits per heavy atom. The van der Waals surface area contributed by atoms with Crippen LogP contribution >= 0.6 is 27.7 Å². The molecule has 0 aliphatic carbocycles. The molecule has 0 spiro atoms. The standard InChI is InChI=1S/C11H14BrNO2S/c1-2-13-10(11(14)15)7-16-9-5-3-8(12)4-6-9/h3-6,10,13H,2,7H2,1H3,(H,14,15). The molecule has 0 amide bonds. The van der Waals surface area contributed by atoms with Crippen molar-refractivity contribution in [3.8, 4) is 0 Å². The van der Waals surface area contributed by atoms with Crippen LogP contribution in [0.5, 0.6) is 0 Å². The summed E-state index contributed by atoms with van der Waals surface area (Å²) in [5, 5.41) is 11.9. The molecule has 1 unspecified atom stereocenters. The van der Waals surface area contributed by atoms with Gasteiger partial charge in [0, 0.05) is 15.1 Å². The second kappa shape index (κ2) is 6.93. The quantitative estimate of drug-likeness (QED) is 0.793. The van der Waals surface area contributed by atoms with Crippen LogP contribution in [0.1, 0.15) is 6.92 Å². The number of carboxylic acid groups (broad SMARTS) is 1. The van der Waals surface area contributed by atoms with E-state index in [-0.39, 0.29) is 0 Å². The van der Waals surface area contributed by atoms with Gasteiger partial charge in [-0.15, -0.1) is 11.8 Å². The molecule has 5 heteroatoms. The molecule has 88 valence electrons. The number of benzene rings is 1. The van der Waals surface area contributed by atoms with Gasteiger partial charge in [-0.25, -0.2) is 0 Å². The number of halogens is 1. The number of aliphatic carboxylic acids is 1. The molecule has 0 fully saturated rings. The Morgan fingerprint density at radius 3 is 2.62 bits per heavy atom. The molecule has 1 rings (SSSR count). The van der Waals surface area contributed by atoms with Gasteiger partial charge in [0.15, 0.2) is 0 Å². The normalized spacial score (nSPS) is 12.4. The summed E-state index contributed by atoms with van der Waals surface area (Å²) in [6, 6.07) is 7.36. The summed E-state index contributed by atoms with van der Waals surface area (Å²) in [5.74, 6) is -0.267. The van der Waals surface area contributed by atoms with Gasteiger partial charge in [0.25, 0.3) is 0 Å². The molecule has 0 aromatic heterocycles. The van der Waals surface area contributed by atoms with Crippen LogP contribution in [0.25, 0.3) is 0 Å². The van der Waals surface area contributed by atoms with E-state index >= 15 is 0 Å². The van der Waals surface area contributed by atoms with Crippen molar-refractivity contribution >= 4 is 33.7 Å². The van der Waals surface area contributed by atoms with Crippen LogP contribution in [0.3, 0.4) is 0 Å². The fourth-order valence-corrected chi connectivity index (χ4v) is 2.39. The van der Waals surface area contributed by atoms with E-state index in [0.29, 0.717) is 12.3 Å². The van der Waals surface area contributed by atoms with Crippen molar-refractivity contribution in [1.29, 1.82) is 0 Å². The molecule has 0 radical (unpaired) electrons. The predicted molar refractivity (Wildman–Crippen MR) is 70.0 cm³/mol. The number of thioether (sulfide) groups is 1. The lowest BCUT2D eigenvalue weighted by Gasteiger charge is -2.12. The highest BCUT2D eigenvalue weighted by molar-refractivity contribution is 9.10. The lowest BCUT2D eigenvalue weighted by molar-refractivity contribution is -0.138. The summed E-state index contributed by atoms with van der Waals surface area (Å²) in [6.07, 6.45) is 0. The number of nitrogens with one attached hydrogen (secondary N) is 1. The summed E-state index contributed by atoms with van der Waals surface area (Å²) in [4.78, 5) is 12.0. The molecule has 3 nitrogen and oxygen atoms in total. The van der Waals surface area contributed by atoms with E-state index in [1.807, 2.05) is 31.2 Å². The first-order chi connectivity index (χ1) is 7.63. The molecule has 1 aromatic carbocycles. The summed E-state index contributed by atoms with van der Waals surface area (Å²) in [6.45, 7) is 2.57. The minimum atomic E-state index is -0.800. The average molecular weight is 304 g/mol. The molecule has 1 aromatic rings. The second-order valence-electron chi connectivity index (χ2n) is 3.21. The van der Waals surface area contributed by atoms with Gasteiger partial charge in [-0.2, -0.15) is 0 Å². The van der Waals surface area contributed by atoms with Crippen LogP contribution in [0.15, 0.2) is 33.6 Å². The number of rotatable bonds is 6. The van der Waals surface area contributed by atoms with Crippen molar-refractivity contribution in [2.45, 2.75) is 17.9 Å². The van der Waals surface area contributed by atoms with Crippen molar-refractivity contribution in [2.24, 2.45) is 0 Å². The molecule has 0 heterocycles. The Morgan fingerprint density at radius 1 is 1.50 bits per heavy atom. The molecule has 0 aliphatic rings. The van der Waals surface area contributed by atoms with Gasteiger partial charge in [0.2, 0.25) is 0 Å². The van der Waals surface area contributed by atoms with Crippen LogP contribution in [-0.2, 0) is 4.79 Å². The van der Waals surface area contributed by atoms with Crippen molar-refractivity contribution in [1.82, 2.24) is 5.32 Å².